The third kappa shape index (κ3) is 5.58. The Morgan fingerprint density at radius 1 is 1.06 bits per heavy atom. The minimum Gasteiger partial charge on any atom is -0.475 e. The second-order valence-corrected chi connectivity index (χ2v) is 8.27. The number of rotatable bonds is 6. The summed E-state index contributed by atoms with van der Waals surface area (Å²) >= 11 is 0. The Hall–Kier alpha value is -2.54. The van der Waals surface area contributed by atoms with Gasteiger partial charge in [-0.25, -0.2) is 0 Å². The molecule has 4 nitrogen and oxygen atoms in total. The van der Waals surface area contributed by atoms with Crippen molar-refractivity contribution in [2.75, 3.05) is 18.4 Å². The van der Waals surface area contributed by atoms with Gasteiger partial charge in [-0.15, -0.1) is 0 Å². The van der Waals surface area contributed by atoms with Crippen LogP contribution in [0.25, 0.3) is 0 Å². The summed E-state index contributed by atoms with van der Waals surface area (Å²) in [5.41, 5.74) is 2.27. The minimum absolute atomic E-state index is 0.00223. The van der Waals surface area contributed by atoms with Gasteiger partial charge in [0.15, 0.2) is 6.23 Å². The molecule has 2 aliphatic heterocycles. The van der Waals surface area contributed by atoms with Crippen molar-refractivity contribution in [1.29, 1.82) is 0 Å². The molecule has 1 unspecified atom stereocenters. The molecule has 2 heterocycles. The highest BCUT2D eigenvalue weighted by Crippen LogP contribution is 2.30. The molecular formula is C24H27F3N2O2. The number of halogens is 3. The minimum atomic E-state index is -4.29. The van der Waals surface area contributed by atoms with Crippen LogP contribution in [-0.4, -0.2) is 30.1 Å². The molecule has 1 atom stereocenters. The Morgan fingerprint density at radius 3 is 2.65 bits per heavy atom. The van der Waals surface area contributed by atoms with Crippen LogP contribution in [0.5, 0.6) is 5.75 Å². The number of nitrogens with zero attached hydrogens (tertiary/aromatic N) is 1. The summed E-state index contributed by atoms with van der Waals surface area (Å²) in [6.07, 6.45) is 1.71. The third-order valence-electron chi connectivity index (χ3n) is 5.99. The Bertz CT molecular complexity index is 912. The zero-order chi connectivity index (χ0) is 21.8. The van der Waals surface area contributed by atoms with Crippen LogP contribution in [0.15, 0.2) is 42.5 Å². The number of hydrogen-bond donors (Lipinski definition) is 1. The average molecular weight is 432 g/mol. The largest absolute Gasteiger partial charge is 0.475 e. The van der Waals surface area contributed by atoms with Crippen LogP contribution in [0.4, 0.5) is 18.9 Å². The first kappa shape index (κ1) is 21.7. The molecule has 0 bridgehead atoms. The molecule has 0 spiro atoms. The molecule has 0 aliphatic carbocycles. The summed E-state index contributed by atoms with van der Waals surface area (Å²) in [6.45, 7) is 1.80. The molecule has 166 valence electrons. The molecule has 0 saturated carbocycles. The Labute approximate surface area is 180 Å². The van der Waals surface area contributed by atoms with Crippen molar-refractivity contribution in [3.63, 3.8) is 0 Å². The van der Waals surface area contributed by atoms with Crippen molar-refractivity contribution in [2.45, 2.75) is 57.3 Å². The number of benzene rings is 2. The summed E-state index contributed by atoms with van der Waals surface area (Å²) < 4.78 is 44.4. The average Bonchev–Trinajstić information content (AvgIpc) is 2.75. The van der Waals surface area contributed by atoms with Gasteiger partial charge in [0.05, 0.1) is 5.56 Å². The summed E-state index contributed by atoms with van der Waals surface area (Å²) in [5.74, 6) is 0.863. The van der Waals surface area contributed by atoms with Crippen molar-refractivity contribution in [1.82, 2.24) is 4.90 Å². The number of carbonyl (C=O) groups excluding carboxylic acids is 1. The van der Waals surface area contributed by atoms with E-state index >= 15 is 0 Å². The zero-order valence-corrected chi connectivity index (χ0v) is 17.4. The van der Waals surface area contributed by atoms with E-state index in [9.17, 15) is 18.0 Å². The second-order valence-electron chi connectivity index (χ2n) is 8.27. The highest BCUT2D eigenvalue weighted by molar-refractivity contribution is 5.93. The monoisotopic (exact) mass is 432 g/mol. The van der Waals surface area contributed by atoms with Gasteiger partial charge in [-0.1, -0.05) is 12.1 Å². The van der Waals surface area contributed by atoms with Crippen LogP contribution in [0, 0.1) is 0 Å². The topological polar surface area (TPSA) is 41.6 Å². The van der Waals surface area contributed by atoms with E-state index < -0.39 is 11.7 Å². The number of amides is 1. The SMILES string of the molecule is O=C1CCc2cc(OC3CCCCN3CCCc3ccc(C(F)(F)F)cc3)ccc2N1. The van der Waals surface area contributed by atoms with Crippen molar-refractivity contribution < 1.29 is 22.7 Å². The van der Waals surface area contributed by atoms with Crippen LogP contribution < -0.4 is 10.1 Å². The number of alkyl halides is 3. The number of nitrogens with one attached hydrogen (secondary N) is 1. The normalized spacial score (nSPS) is 19.6. The molecule has 1 saturated heterocycles. The van der Waals surface area contributed by atoms with Gasteiger partial charge in [0.25, 0.3) is 0 Å². The molecule has 31 heavy (non-hydrogen) atoms. The summed E-state index contributed by atoms with van der Waals surface area (Å²) in [5, 5.41) is 2.89. The fourth-order valence-electron chi connectivity index (χ4n) is 4.29. The first-order valence-electron chi connectivity index (χ1n) is 10.9. The predicted octanol–water partition coefficient (Wildman–Crippen LogP) is 5.41. The van der Waals surface area contributed by atoms with Gasteiger partial charge in [0.2, 0.25) is 5.91 Å². The van der Waals surface area contributed by atoms with Gasteiger partial charge in [-0.3, -0.25) is 9.69 Å². The Balaban J connectivity index is 1.32. The van der Waals surface area contributed by atoms with E-state index in [1.807, 2.05) is 18.2 Å². The summed E-state index contributed by atoms with van der Waals surface area (Å²) in [4.78, 5) is 13.9. The van der Waals surface area contributed by atoms with Gasteiger partial charge in [-0.05, 0) is 80.0 Å². The fraction of sp³-hybridized carbons (Fsp3) is 0.458. The van der Waals surface area contributed by atoms with E-state index in [-0.39, 0.29) is 12.1 Å². The van der Waals surface area contributed by atoms with Crippen LogP contribution >= 0.6 is 0 Å². The Morgan fingerprint density at radius 2 is 1.87 bits per heavy atom. The molecule has 4 rings (SSSR count). The number of fused-ring (bicyclic) bond motifs is 1. The van der Waals surface area contributed by atoms with Crippen molar-refractivity contribution >= 4 is 11.6 Å². The van der Waals surface area contributed by atoms with E-state index in [2.05, 4.69) is 10.2 Å². The van der Waals surface area contributed by atoms with Crippen LogP contribution in [0.2, 0.25) is 0 Å². The lowest BCUT2D eigenvalue weighted by Gasteiger charge is -2.35. The smallest absolute Gasteiger partial charge is 0.416 e. The first-order chi connectivity index (χ1) is 14.9. The van der Waals surface area contributed by atoms with Crippen molar-refractivity contribution in [3.05, 3.63) is 59.2 Å². The maximum Gasteiger partial charge on any atom is 0.416 e. The zero-order valence-electron chi connectivity index (χ0n) is 17.4. The quantitative estimate of drug-likeness (QED) is 0.663. The highest BCUT2D eigenvalue weighted by Gasteiger charge is 2.30. The molecule has 0 radical (unpaired) electrons. The van der Waals surface area contributed by atoms with Gasteiger partial charge >= 0.3 is 6.18 Å². The van der Waals surface area contributed by atoms with E-state index in [4.69, 9.17) is 4.74 Å². The van der Waals surface area contributed by atoms with Gasteiger partial charge in [0, 0.05) is 25.2 Å². The van der Waals surface area contributed by atoms with E-state index in [1.165, 1.54) is 0 Å². The predicted molar refractivity (Wildman–Crippen MR) is 113 cm³/mol. The molecule has 7 heteroatoms. The molecular weight excluding hydrogens is 405 g/mol. The number of carbonyl (C=O) groups is 1. The van der Waals surface area contributed by atoms with Gasteiger partial charge < -0.3 is 10.1 Å². The number of anilines is 1. The third-order valence-corrected chi connectivity index (χ3v) is 5.99. The molecule has 1 fully saturated rings. The van der Waals surface area contributed by atoms with Crippen molar-refractivity contribution in [2.24, 2.45) is 0 Å². The number of likely N-dealkylation sites (tertiary alicyclic amines) is 1. The number of piperidine rings is 1. The Kier molecular flexibility index (Phi) is 6.51. The number of hydrogen-bond acceptors (Lipinski definition) is 3. The molecule has 1 N–H and O–H groups in total. The van der Waals surface area contributed by atoms with Crippen LogP contribution in [-0.2, 0) is 23.8 Å². The van der Waals surface area contributed by atoms with Crippen LogP contribution in [0.1, 0.15) is 48.8 Å². The summed E-state index contributed by atoms with van der Waals surface area (Å²) in [7, 11) is 0. The highest BCUT2D eigenvalue weighted by atomic mass is 19.4. The summed E-state index contributed by atoms with van der Waals surface area (Å²) in [6, 6.07) is 11.3. The number of aryl methyl sites for hydroxylation is 2. The fourth-order valence-corrected chi connectivity index (χ4v) is 4.29. The number of ether oxygens (including phenoxy) is 1. The lowest BCUT2D eigenvalue weighted by atomic mass is 10.0. The van der Waals surface area contributed by atoms with E-state index in [1.54, 1.807) is 12.1 Å². The maximum absolute atomic E-state index is 12.7. The lowest BCUT2D eigenvalue weighted by molar-refractivity contribution is -0.137. The molecule has 1 amide bonds. The van der Waals surface area contributed by atoms with E-state index in [0.29, 0.717) is 6.42 Å². The van der Waals surface area contributed by atoms with E-state index in [0.717, 1.165) is 86.3 Å². The first-order valence-corrected chi connectivity index (χ1v) is 10.9. The lowest BCUT2D eigenvalue weighted by Crippen LogP contribution is -2.43. The molecule has 2 aromatic rings. The molecule has 0 aromatic heterocycles. The van der Waals surface area contributed by atoms with Crippen molar-refractivity contribution in [3.8, 4) is 5.75 Å². The molecule has 2 aliphatic rings. The maximum atomic E-state index is 12.7. The molecule has 2 aromatic carbocycles. The van der Waals surface area contributed by atoms with Gasteiger partial charge in [-0.2, -0.15) is 13.2 Å². The van der Waals surface area contributed by atoms with Crippen LogP contribution in [0.3, 0.4) is 0 Å². The van der Waals surface area contributed by atoms with Gasteiger partial charge in [0.1, 0.15) is 5.75 Å². The second kappa shape index (κ2) is 9.30. The standard InChI is InChI=1S/C24H27F3N2O2/c25-24(26,27)19-9-6-17(7-10-19)4-3-15-29-14-2-1-5-23(29)31-20-11-12-21-18(16-20)8-13-22(30)28-21/h6-7,9-12,16,23H,1-5,8,13-15H2,(H,28,30).